The summed E-state index contributed by atoms with van der Waals surface area (Å²) in [6.45, 7) is 0.00575. The molecule has 0 radical (unpaired) electrons. The van der Waals surface area contributed by atoms with Crippen molar-refractivity contribution >= 4 is 28.5 Å². The molecule has 1 amide bonds. The SMILES string of the molecule is O=C1c2cc(Cl)ccc2OCN1C1CCC[C@@H](n2c(-c3ccccc3F)nc3cnc(-n4nccn4)cc32)[C@@H]1O. The Morgan fingerprint density at radius 1 is 1.02 bits per heavy atom. The molecular formula is C28H23ClFN7O3. The zero-order chi connectivity index (χ0) is 27.4. The van der Waals surface area contributed by atoms with Gasteiger partial charge in [-0.1, -0.05) is 23.7 Å². The molecule has 4 heterocycles. The second-order valence-electron chi connectivity index (χ2n) is 9.88. The number of benzene rings is 2. The summed E-state index contributed by atoms with van der Waals surface area (Å²) in [5.74, 6) is 0.588. The van der Waals surface area contributed by atoms with Gasteiger partial charge in [-0.3, -0.25) is 9.69 Å². The molecule has 12 heteroatoms. The third-order valence-electron chi connectivity index (χ3n) is 7.61. The highest BCUT2D eigenvalue weighted by atomic mass is 35.5. The smallest absolute Gasteiger partial charge is 0.260 e. The molecule has 3 aromatic heterocycles. The summed E-state index contributed by atoms with van der Waals surface area (Å²) in [6.07, 6.45) is 5.57. The first-order valence-electron chi connectivity index (χ1n) is 12.9. The largest absolute Gasteiger partial charge is 0.472 e. The second-order valence-corrected chi connectivity index (χ2v) is 10.3. The van der Waals surface area contributed by atoms with Gasteiger partial charge < -0.3 is 14.4 Å². The molecule has 40 heavy (non-hydrogen) atoms. The zero-order valence-electron chi connectivity index (χ0n) is 21.1. The fraction of sp³-hybridized carbons (Fsp3) is 0.250. The van der Waals surface area contributed by atoms with E-state index in [0.717, 1.165) is 0 Å². The summed E-state index contributed by atoms with van der Waals surface area (Å²) in [6, 6.07) is 12.0. The number of hydrogen-bond donors (Lipinski definition) is 1. The van der Waals surface area contributed by atoms with Gasteiger partial charge in [0.05, 0.1) is 53.4 Å². The number of nitrogens with zero attached hydrogens (tertiary/aromatic N) is 7. The van der Waals surface area contributed by atoms with Gasteiger partial charge in [-0.05, 0) is 49.6 Å². The number of amides is 1. The standard InChI is InChI=1S/C28H23ClFN7O3/c29-16-8-9-24-18(12-16)28(39)35(15-40-24)21-6-3-7-22(26(21)38)36-23-13-25(37-32-10-11-33-37)31-14-20(23)34-27(36)17-4-1-2-5-19(17)30/h1-2,4-5,8-14,21-22,26,38H,3,6-7,15H2/t21?,22-,26-/m1/s1. The van der Waals surface area contributed by atoms with Crippen LogP contribution in [-0.4, -0.2) is 64.3 Å². The number of fused-ring (bicyclic) bond motifs is 2. The van der Waals surface area contributed by atoms with Crippen molar-refractivity contribution in [2.45, 2.75) is 37.5 Å². The number of aliphatic hydroxyl groups excluding tert-OH is 1. The molecule has 3 atom stereocenters. The Labute approximate surface area is 232 Å². The van der Waals surface area contributed by atoms with Crippen LogP contribution in [0.3, 0.4) is 0 Å². The number of carbonyl (C=O) groups is 1. The first-order valence-corrected chi connectivity index (χ1v) is 13.3. The topological polar surface area (TPSA) is 111 Å². The fourth-order valence-corrected chi connectivity index (χ4v) is 5.92. The van der Waals surface area contributed by atoms with E-state index in [1.807, 2.05) is 4.57 Å². The van der Waals surface area contributed by atoms with Crippen LogP contribution in [0.25, 0.3) is 28.2 Å². The average molecular weight is 560 g/mol. The summed E-state index contributed by atoms with van der Waals surface area (Å²) in [5, 5.41) is 20.6. The van der Waals surface area contributed by atoms with Crippen LogP contribution in [0, 0.1) is 5.82 Å². The van der Waals surface area contributed by atoms with Gasteiger partial charge in [0.25, 0.3) is 5.91 Å². The van der Waals surface area contributed by atoms with Crippen molar-refractivity contribution < 1.29 is 19.0 Å². The highest BCUT2D eigenvalue weighted by molar-refractivity contribution is 6.31. The molecule has 1 unspecified atom stereocenters. The normalized spacial score (nSPS) is 20.9. The minimum absolute atomic E-state index is 0.00575. The lowest BCUT2D eigenvalue weighted by Gasteiger charge is -2.43. The Kier molecular flexibility index (Phi) is 5.97. The molecule has 0 saturated heterocycles. The molecule has 1 fully saturated rings. The van der Waals surface area contributed by atoms with Gasteiger partial charge in [0.15, 0.2) is 12.5 Å². The van der Waals surface area contributed by atoms with Crippen molar-refractivity contribution in [3.8, 4) is 23.0 Å². The van der Waals surface area contributed by atoms with Crippen LogP contribution in [0.5, 0.6) is 5.75 Å². The summed E-state index contributed by atoms with van der Waals surface area (Å²) in [4.78, 5) is 25.6. The summed E-state index contributed by atoms with van der Waals surface area (Å²) < 4.78 is 22.8. The third-order valence-corrected chi connectivity index (χ3v) is 7.85. The van der Waals surface area contributed by atoms with E-state index in [4.69, 9.17) is 21.3 Å². The molecule has 1 N–H and O–H groups in total. The van der Waals surface area contributed by atoms with E-state index in [2.05, 4.69) is 15.2 Å². The predicted molar refractivity (Wildman–Crippen MR) is 144 cm³/mol. The lowest BCUT2D eigenvalue weighted by molar-refractivity contribution is -0.0316. The first-order chi connectivity index (χ1) is 19.5. The number of ether oxygens (including phenoxy) is 1. The van der Waals surface area contributed by atoms with E-state index in [-0.39, 0.29) is 12.6 Å². The lowest BCUT2D eigenvalue weighted by atomic mass is 9.86. The molecule has 0 spiro atoms. The highest BCUT2D eigenvalue weighted by Crippen LogP contribution is 2.40. The maximum Gasteiger partial charge on any atom is 0.260 e. The number of halogens is 2. The van der Waals surface area contributed by atoms with E-state index >= 15 is 4.39 Å². The third kappa shape index (κ3) is 4.00. The van der Waals surface area contributed by atoms with Crippen molar-refractivity contribution in [3.05, 3.63) is 83.5 Å². The molecule has 202 valence electrons. The Balaban J connectivity index is 1.33. The van der Waals surface area contributed by atoms with Crippen LogP contribution in [0.1, 0.15) is 35.7 Å². The first kappa shape index (κ1) is 24.7. The van der Waals surface area contributed by atoms with Gasteiger partial charge in [-0.25, -0.2) is 14.4 Å². The van der Waals surface area contributed by atoms with Crippen LogP contribution in [-0.2, 0) is 0 Å². The number of carbonyl (C=O) groups excluding carboxylic acids is 1. The molecular weight excluding hydrogens is 537 g/mol. The van der Waals surface area contributed by atoms with E-state index < -0.39 is 24.0 Å². The number of hydrogen-bond acceptors (Lipinski definition) is 7. The number of rotatable bonds is 4. The van der Waals surface area contributed by atoms with Gasteiger partial charge in [0.2, 0.25) is 0 Å². The van der Waals surface area contributed by atoms with Gasteiger partial charge in [0, 0.05) is 11.1 Å². The van der Waals surface area contributed by atoms with Crippen molar-refractivity contribution in [3.63, 3.8) is 0 Å². The van der Waals surface area contributed by atoms with E-state index in [1.165, 1.54) is 10.9 Å². The van der Waals surface area contributed by atoms with Crippen LogP contribution < -0.4 is 4.74 Å². The summed E-state index contributed by atoms with van der Waals surface area (Å²) in [7, 11) is 0. The van der Waals surface area contributed by atoms with E-state index in [9.17, 15) is 9.90 Å². The summed E-state index contributed by atoms with van der Waals surface area (Å²) in [5.41, 5.74) is 1.83. The maximum atomic E-state index is 15.1. The summed E-state index contributed by atoms with van der Waals surface area (Å²) >= 11 is 6.16. The van der Waals surface area contributed by atoms with Crippen LogP contribution >= 0.6 is 11.6 Å². The van der Waals surface area contributed by atoms with Gasteiger partial charge >= 0.3 is 0 Å². The van der Waals surface area contributed by atoms with Crippen LogP contribution in [0.15, 0.2) is 67.1 Å². The Morgan fingerprint density at radius 3 is 2.65 bits per heavy atom. The van der Waals surface area contributed by atoms with Crippen LogP contribution in [0.2, 0.25) is 5.02 Å². The lowest BCUT2D eigenvalue weighted by Crippen LogP contribution is -2.54. The average Bonchev–Trinajstić information content (AvgIpc) is 3.63. The fourth-order valence-electron chi connectivity index (χ4n) is 5.75. The monoisotopic (exact) mass is 559 g/mol. The molecule has 2 aliphatic rings. The Hall–Kier alpha value is -4.35. The van der Waals surface area contributed by atoms with Gasteiger partial charge in [0.1, 0.15) is 22.9 Å². The quantitative estimate of drug-likeness (QED) is 0.347. The van der Waals surface area contributed by atoms with Gasteiger partial charge in [-0.15, -0.1) is 4.80 Å². The zero-order valence-corrected chi connectivity index (χ0v) is 21.8. The Morgan fingerprint density at radius 2 is 1.82 bits per heavy atom. The van der Waals surface area contributed by atoms with E-state index in [0.29, 0.717) is 63.8 Å². The minimum atomic E-state index is -0.996. The minimum Gasteiger partial charge on any atom is -0.472 e. The molecule has 2 aromatic carbocycles. The molecule has 1 aliphatic carbocycles. The number of aromatic nitrogens is 6. The predicted octanol–water partition coefficient (Wildman–Crippen LogP) is 4.42. The molecule has 1 saturated carbocycles. The number of pyridine rings is 1. The molecule has 10 nitrogen and oxygen atoms in total. The van der Waals surface area contributed by atoms with Gasteiger partial charge in [-0.2, -0.15) is 10.2 Å². The van der Waals surface area contributed by atoms with Crippen molar-refractivity contribution in [1.82, 2.24) is 34.4 Å². The number of aliphatic hydroxyl groups is 1. The van der Waals surface area contributed by atoms with Crippen LogP contribution in [0.4, 0.5) is 4.39 Å². The number of imidazole rings is 1. The molecule has 1 aliphatic heterocycles. The van der Waals surface area contributed by atoms with Crippen molar-refractivity contribution in [2.75, 3.05) is 6.73 Å². The van der Waals surface area contributed by atoms with Crippen molar-refractivity contribution in [1.29, 1.82) is 0 Å². The van der Waals surface area contributed by atoms with E-state index in [1.54, 1.807) is 66.0 Å². The van der Waals surface area contributed by atoms with Crippen molar-refractivity contribution in [2.24, 2.45) is 0 Å². The molecule has 7 rings (SSSR count). The second kappa shape index (κ2) is 9.68. The molecule has 5 aromatic rings. The maximum absolute atomic E-state index is 15.1. The molecule has 0 bridgehead atoms. The highest BCUT2D eigenvalue weighted by Gasteiger charge is 2.42. The Bertz CT molecular complexity index is 1740.